The molecular weight excluding hydrogens is 248 g/mol. The number of nitrogens with two attached hydrogens (primary N) is 1. The van der Waals surface area contributed by atoms with E-state index in [1.54, 1.807) is 18.0 Å². The van der Waals surface area contributed by atoms with Gasteiger partial charge in [0.1, 0.15) is 0 Å². The Hall–Kier alpha value is -1.40. The number of aromatic nitrogens is 2. The van der Waals surface area contributed by atoms with Gasteiger partial charge in [0.25, 0.3) is 0 Å². The minimum atomic E-state index is 0.132. The molecule has 0 saturated carbocycles. The Bertz CT molecular complexity index is 524. The van der Waals surface area contributed by atoms with E-state index in [2.05, 4.69) is 15.5 Å². The Morgan fingerprint density at radius 1 is 1.56 bits per heavy atom. The van der Waals surface area contributed by atoms with Crippen molar-refractivity contribution in [3.8, 4) is 0 Å². The van der Waals surface area contributed by atoms with Crippen LogP contribution in [-0.2, 0) is 0 Å². The number of H-pyrrole nitrogens is 1. The average molecular weight is 266 g/mol. The van der Waals surface area contributed by atoms with Gasteiger partial charge in [-0.15, -0.1) is 0 Å². The standard InChI is InChI=1S/C12H18N4OS/c1-7(12(6-17)18-2)15-11-4-10-8(3-9(11)13)5-14-16-10/h3-5,7,12,15,17H,6,13H2,1-2H3,(H,14,16). The number of anilines is 2. The van der Waals surface area contributed by atoms with E-state index in [1.165, 1.54) is 0 Å². The molecule has 2 atom stereocenters. The van der Waals surface area contributed by atoms with Crippen molar-refractivity contribution in [1.82, 2.24) is 10.2 Å². The Balaban J connectivity index is 2.22. The molecule has 18 heavy (non-hydrogen) atoms. The van der Waals surface area contributed by atoms with Crippen LogP contribution in [0.1, 0.15) is 6.92 Å². The van der Waals surface area contributed by atoms with Crippen LogP contribution in [0.25, 0.3) is 10.9 Å². The summed E-state index contributed by atoms with van der Waals surface area (Å²) in [6.45, 7) is 2.18. The first kappa shape index (κ1) is 13.0. The average Bonchev–Trinajstić information content (AvgIpc) is 2.78. The molecule has 2 aromatic rings. The number of hydrogen-bond donors (Lipinski definition) is 4. The van der Waals surface area contributed by atoms with Crippen LogP contribution >= 0.6 is 11.8 Å². The van der Waals surface area contributed by atoms with Gasteiger partial charge in [-0.2, -0.15) is 16.9 Å². The first-order valence-electron chi connectivity index (χ1n) is 5.78. The van der Waals surface area contributed by atoms with E-state index in [-0.39, 0.29) is 17.9 Å². The largest absolute Gasteiger partial charge is 0.397 e. The lowest BCUT2D eigenvalue weighted by atomic mass is 10.1. The molecule has 5 nitrogen and oxygen atoms in total. The first-order chi connectivity index (χ1) is 8.65. The predicted octanol–water partition coefficient (Wildman–Crippen LogP) is 1.67. The summed E-state index contributed by atoms with van der Waals surface area (Å²) in [5, 5.41) is 20.6. The number of fused-ring (bicyclic) bond motifs is 1. The van der Waals surface area contributed by atoms with Gasteiger partial charge < -0.3 is 16.2 Å². The highest BCUT2D eigenvalue weighted by Gasteiger charge is 2.16. The maximum atomic E-state index is 9.27. The normalized spacial score (nSPS) is 14.6. The number of nitrogens with zero attached hydrogens (tertiary/aromatic N) is 1. The maximum absolute atomic E-state index is 9.27. The van der Waals surface area contributed by atoms with Crippen LogP contribution in [-0.4, -0.2) is 39.5 Å². The molecular formula is C12H18N4OS. The highest BCUT2D eigenvalue weighted by Crippen LogP contribution is 2.26. The summed E-state index contributed by atoms with van der Waals surface area (Å²) in [7, 11) is 0. The smallest absolute Gasteiger partial charge is 0.0672 e. The van der Waals surface area contributed by atoms with Crippen molar-refractivity contribution in [3.05, 3.63) is 18.3 Å². The van der Waals surface area contributed by atoms with E-state index in [0.29, 0.717) is 5.69 Å². The maximum Gasteiger partial charge on any atom is 0.0672 e. The van der Waals surface area contributed by atoms with Crippen LogP contribution in [0.15, 0.2) is 18.3 Å². The molecule has 98 valence electrons. The molecule has 0 bridgehead atoms. The number of aliphatic hydroxyl groups is 1. The second kappa shape index (κ2) is 5.49. The summed E-state index contributed by atoms with van der Waals surface area (Å²) in [6, 6.07) is 3.97. The zero-order chi connectivity index (χ0) is 13.1. The molecule has 0 aliphatic heterocycles. The summed E-state index contributed by atoms with van der Waals surface area (Å²) in [5.41, 5.74) is 8.51. The summed E-state index contributed by atoms with van der Waals surface area (Å²) in [4.78, 5) is 0. The summed E-state index contributed by atoms with van der Waals surface area (Å²) < 4.78 is 0. The quantitative estimate of drug-likeness (QED) is 0.618. The number of rotatable bonds is 5. The van der Waals surface area contributed by atoms with Crippen LogP contribution in [0.3, 0.4) is 0 Å². The monoisotopic (exact) mass is 266 g/mol. The molecule has 0 spiro atoms. The molecule has 1 aromatic carbocycles. The first-order valence-corrected chi connectivity index (χ1v) is 7.07. The van der Waals surface area contributed by atoms with Gasteiger partial charge in [-0.1, -0.05) is 0 Å². The molecule has 0 fully saturated rings. The fourth-order valence-electron chi connectivity index (χ4n) is 1.91. The molecule has 1 aromatic heterocycles. The SMILES string of the molecule is CSC(CO)C(C)Nc1cc2[nH]ncc2cc1N. The van der Waals surface area contributed by atoms with Gasteiger partial charge >= 0.3 is 0 Å². The van der Waals surface area contributed by atoms with E-state index >= 15 is 0 Å². The van der Waals surface area contributed by atoms with Gasteiger partial charge in [-0.05, 0) is 25.3 Å². The lowest BCUT2D eigenvalue weighted by Gasteiger charge is -2.23. The summed E-state index contributed by atoms with van der Waals surface area (Å²) >= 11 is 1.63. The highest BCUT2D eigenvalue weighted by molar-refractivity contribution is 7.99. The topological polar surface area (TPSA) is 87.0 Å². The van der Waals surface area contributed by atoms with Crippen LogP contribution in [0, 0.1) is 0 Å². The lowest BCUT2D eigenvalue weighted by molar-refractivity contribution is 0.288. The van der Waals surface area contributed by atoms with Crippen molar-refractivity contribution in [2.75, 3.05) is 23.9 Å². The minimum Gasteiger partial charge on any atom is -0.397 e. The van der Waals surface area contributed by atoms with Crippen LogP contribution in [0.4, 0.5) is 11.4 Å². The fourth-order valence-corrected chi connectivity index (χ4v) is 2.53. The van der Waals surface area contributed by atoms with Gasteiger partial charge in [0, 0.05) is 16.7 Å². The molecule has 0 amide bonds. The number of nitrogens with one attached hydrogen (secondary N) is 2. The Morgan fingerprint density at radius 2 is 2.33 bits per heavy atom. The van der Waals surface area contributed by atoms with E-state index < -0.39 is 0 Å². The molecule has 5 N–H and O–H groups in total. The predicted molar refractivity (Wildman–Crippen MR) is 78.0 cm³/mol. The van der Waals surface area contributed by atoms with Gasteiger partial charge in [-0.3, -0.25) is 5.10 Å². The Morgan fingerprint density at radius 3 is 3.00 bits per heavy atom. The number of aromatic amines is 1. The zero-order valence-electron chi connectivity index (χ0n) is 10.5. The van der Waals surface area contributed by atoms with Gasteiger partial charge in [0.05, 0.1) is 29.7 Å². The third-order valence-corrected chi connectivity index (χ3v) is 4.20. The molecule has 2 rings (SSSR count). The third kappa shape index (κ3) is 2.54. The van der Waals surface area contributed by atoms with Crippen molar-refractivity contribution in [2.45, 2.75) is 18.2 Å². The molecule has 2 unspecified atom stereocenters. The summed E-state index contributed by atoms with van der Waals surface area (Å²) in [6.07, 6.45) is 3.73. The number of nitrogen functional groups attached to an aromatic ring is 1. The highest BCUT2D eigenvalue weighted by atomic mass is 32.2. The van der Waals surface area contributed by atoms with E-state index in [9.17, 15) is 5.11 Å². The van der Waals surface area contributed by atoms with Crippen molar-refractivity contribution in [1.29, 1.82) is 0 Å². The van der Waals surface area contributed by atoms with E-state index in [1.807, 2.05) is 25.3 Å². The molecule has 0 aliphatic rings. The zero-order valence-corrected chi connectivity index (χ0v) is 11.3. The number of benzene rings is 1. The Labute approximate surface area is 110 Å². The van der Waals surface area contributed by atoms with Crippen molar-refractivity contribution in [2.24, 2.45) is 0 Å². The van der Waals surface area contributed by atoms with Gasteiger partial charge in [0.15, 0.2) is 0 Å². The van der Waals surface area contributed by atoms with Crippen LogP contribution in [0.5, 0.6) is 0 Å². The number of thioether (sulfide) groups is 1. The van der Waals surface area contributed by atoms with Crippen molar-refractivity contribution < 1.29 is 5.11 Å². The van der Waals surface area contributed by atoms with Gasteiger partial charge in [-0.25, -0.2) is 0 Å². The second-order valence-corrected chi connectivity index (χ2v) is 5.36. The van der Waals surface area contributed by atoms with Crippen molar-refractivity contribution >= 4 is 34.0 Å². The van der Waals surface area contributed by atoms with E-state index in [4.69, 9.17) is 5.73 Å². The van der Waals surface area contributed by atoms with Crippen LogP contribution < -0.4 is 11.1 Å². The molecule has 0 radical (unpaired) electrons. The molecule has 0 saturated heterocycles. The molecule has 6 heteroatoms. The van der Waals surface area contributed by atoms with E-state index in [0.717, 1.165) is 16.6 Å². The summed E-state index contributed by atoms with van der Waals surface area (Å²) in [5.74, 6) is 0. The number of hydrogen-bond acceptors (Lipinski definition) is 5. The molecule has 0 aliphatic carbocycles. The van der Waals surface area contributed by atoms with Crippen LogP contribution in [0.2, 0.25) is 0 Å². The Kier molecular flexibility index (Phi) is 3.98. The third-order valence-electron chi connectivity index (χ3n) is 3.03. The van der Waals surface area contributed by atoms with Gasteiger partial charge in [0.2, 0.25) is 0 Å². The molecule has 1 heterocycles. The lowest BCUT2D eigenvalue weighted by Crippen LogP contribution is -2.31. The fraction of sp³-hybridized carbons (Fsp3) is 0.417. The minimum absolute atomic E-state index is 0.132. The van der Waals surface area contributed by atoms with Crippen molar-refractivity contribution in [3.63, 3.8) is 0 Å². The number of aliphatic hydroxyl groups excluding tert-OH is 1. The second-order valence-electron chi connectivity index (χ2n) is 4.29.